The lowest BCUT2D eigenvalue weighted by Crippen LogP contribution is -2.12. The Kier molecular flexibility index (Phi) is 5.43. The molecule has 0 heterocycles. The maximum absolute atomic E-state index is 11.9. The van der Waals surface area contributed by atoms with E-state index < -0.39 is 16.8 Å². The fourth-order valence-electron chi connectivity index (χ4n) is 1.86. The monoisotopic (exact) mass is 390 g/mol. The Labute approximate surface area is 144 Å². The smallest absolute Gasteiger partial charge is 0.337 e. The fourth-order valence-corrected chi connectivity index (χ4v) is 2.22. The van der Waals surface area contributed by atoms with Crippen LogP contribution in [0.3, 0.4) is 0 Å². The van der Waals surface area contributed by atoms with Crippen molar-refractivity contribution in [1.29, 1.82) is 0 Å². The Hall–Kier alpha value is -3.00. The number of carbonyl (C=O) groups is 2. The van der Waals surface area contributed by atoms with Gasteiger partial charge in [-0.2, -0.15) is 0 Å². The first-order valence-corrected chi connectivity index (χ1v) is 7.42. The van der Waals surface area contributed by atoms with Crippen LogP contribution in [0.2, 0.25) is 0 Å². The van der Waals surface area contributed by atoms with Crippen LogP contribution in [0.1, 0.15) is 15.9 Å². The van der Waals surface area contributed by atoms with E-state index in [9.17, 15) is 19.7 Å². The highest BCUT2D eigenvalue weighted by Gasteiger charge is 2.12. The number of nitro groups is 1. The molecule has 0 aliphatic carbocycles. The van der Waals surface area contributed by atoms with E-state index in [2.05, 4.69) is 21.2 Å². The number of aromatic carboxylic acids is 1. The Balaban J connectivity index is 2.10. The van der Waals surface area contributed by atoms with Crippen molar-refractivity contribution < 1.29 is 19.6 Å². The Morgan fingerprint density at radius 1 is 1.17 bits per heavy atom. The van der Waals surface area contributed by atoms with Crippen LogP contribution in [-0.4, -0.2) is 21.9 Å². The first-order valence-electron chi connectivity index (χ1n) is 6.63. The van der Waals surface area contributed by atoms with Crippen LogP contribution in [0.25, 0.3) is 6.08 Å². The molecular weight excluding hydrogens is 380 g/mol. The third kappa shape index (κ3) is 4.50. The molecule has 0 aliphatic heterocycles. The minimum absolute atomic E-state index is 0.0403. The number of hydrogen-bond donors (Lipinski definition) is 2. The highest BCUT2D eigenvalue weighted by atomic mass is 79.9. The molecule has 0 bridgehead atoms. The Morgan fingerprint density at radius 2 is 1.83 bits per heavy atom. The molecule has 0 saturated heterocycles. The molecule has 7 nitrogen and oxygen atoms in total. The SMILES string of the molecule is O=C(C=Cc1ccc([N+](=O)[O-])cc1)Nc1ccc(Br)cc1C(=O)O. The molecule has 8 heteroatoms. The molecule has 0 aromatic heterocycles. The number of anilines is 1. The van der Waals surface area contributed by atoms with Crippen molar-refractivity contribution in [2.45, 2.75) is 0 Å². The number of halogens is 1. The molecule has 0 radical (unpaired) electrons. The number of carboxylic acids is 1. The summed E-state index contributed by atoms with van der Waals surface area (Å²) < 4.78 is 0.583. The summed E-state index contributed by atoms with van der Waals surface area (Å²) in [4.78, 5) is 33.1. The zero-order valence-electron chi connectivity index (χ0n) is 12.1. The summed E-state index contributed by atoms with van der Waals surface area (Å²) in [6, 6.07) is 10.1. The lowest BCUT2D eigenvalue weighted by Gasteiger charge is -2.07. The molecule has 0 unspecified atom stereocenters. The third-order valence-electron chi connectivity index (χ3n) is 3.00. The minimum atomic E-state index is -1.16. The van der Waals surface area contributed by atoms with Crippen molar-refractivity contribution in [3.05, 3.63) is 74.3 Å². The van der Waals surface area contributed by atoms with E-state index in [1.54, 1.807) is 6.07 Å². The number of hydrogen-bond acceptors (Lipinski definition) is 4. The Bertz CT molecular complexity index is 831. The van der Waals surface area contributed by atoms with Gasteiger partial charge in [0.2, 0.25) is 5.91 Å². The van der Waals surface area contributed by atoms with Crippen LogP contribution in [0, 0.1) is 10.1 Å². The molecule has 2 N–H and O–H groups in total. The normalized spacial score (nSPS) is 10.5. The Morgan fingerprint density at radius 3 is 2.42 bits per heavy atom. The summed E-state index contributed by atoms with van der Waals surface area (Å²) in [7, 11) is 0. The van der Waals surface area contributed by atoms with Gasteiger partial charge in [0.05, 0.1) is 16.2 Å². The molecule has 2 aromatic rings. The zero-order chi connectivity index (χ0) is 17.7. The number of amides is 1. The fraction of sp³-hybridized carbons (Fsp3) is 0. The van der Waals surface area contributed by atoms with Gasteiger partial charge in [-0.1, -0.05) is 15.9 Å². The first-order chi connectivity index (χ1) is 11.4. The summed E-state index contributed by atoms with van der Waals surface area (Å²) in [5.74, 6) is -1.68. The van der Waals surface area contributed by atoms with E-state index in [-0.39, 0.29) is 16.9 Å². The number of nitrogens with one attached hydrogen (secondary N) is 1. The molecular formula is C16H11BrN2O5. The second kappa shape index (κ2) is 7.51. The van der Waals surface area contributed by atoms with Crippen molar-refractivity contribution in [1.82, 2.24) is 0 Å². The van der Waals surface area contributed by atoms with Gasteiger partial charge in [0.15, 0.2) is 0 Å². The van der Waals surface area contributed by atoms with Gasteiger partial charge in [-0.05, 0) is 42.0 Å². The van der Waals surface area contributed by atoms with Gasteiger partial charge in [0.25, 0.3) is 5.69 Å². The number of nitrogens with zero attached hydrogens (tertiary/aromatic N) is 1. The number of carboxylic acid groups (broad SMARTS) is 1. The zero-order valence-corrected chi connectivity index (χ0v) is 13.7. The number of benzene rings is 2. The highest BCUT2D eigenvalue weighted by molar-refractivity contribution is 9.10. The summed E-state index contributed by atoms with van der Waals surface area (Å²) in [5.41, 5.74) is 0.688. The topological polar surface area (TPSA) is 110 Å². The number of carbonyl (C=O) groups excluding carboxylic acids is 1. The second-order valence-electron chi connectivity index (χ2n) is 4.67. The molecule has 2 aromatic carbocycles. The van der Waals surface area contributed by atoms with Crippen molar-refractivity contribution in [3.8, 4) is 0 Å². The van der Waals surface area contributed by atoms with Crippen LogP contribution in [0.5, 0.6) is 0 Å². The van der Waals surface area contributed by atoms with Gasteiger partial charge < -0.3 is 10.4 Å². The molecule has 2 rings (SSSR count). The molecule has 0 atom stereocenters. The predicted octanol–water partition coefficient (Wildman–Crippen LogP) is 3.71. The molecule has 0 spiro atoms. The van der Waals surface area contributed by atoms with E-state index in [4.69, 9.17) is 5.11 Å². The van der Waals surface area contributed by atoms with E-state index in [0.717, 1.165) is 0 Å². The molecule has 122 valence electrons. The highest BCUT2D eigenvalue weighted by Crippen LogP contribution is 2.21. The summed E-state index contributed by atoms with van der Waals surface area (Å²) in [6.45, 7) is 0. The maximum atomic E-state index is 11.9. The summed E-state index contributed by atoms with van der Waals surface area (Å²) >= 11 is 3.17. The summed E-state index contributed by atoms with van der Waals surface area (Å²) in [5, 5.41) is 22.2. The minimum Gasteiger partial charge on any atom is -0.478 e. The van der Waals surface area contributed by atoms with Gasteiger partial charge >= 0.3 is 5.97 Å². The van der Waals surface area contributed by atoms with Crippen LogP contribution >= 0.6 is 15.9 Å². The first kappa shape index (κ1) is 17.4. The van der Waals surface area contributed by atoms with Gasteiger partial charge in [0.1, 0.15) is 0 Å². The second-order valence-corrected chi connectivity index (χ2v) is 5.58. The van der Waals surface area contributed by atoms with Crippen LogP contribution in [0.4, 0.5) is 11.4 Å². The van der Waals surface area contributed by atoms with Crippen LogP contribution in [-0.2, 0) is 4.79 Å². The lowest BCUT2D eigenvalue weighted by molar-refractivity contribution is -0.384. The average Bonchev–Trinajstić information content (AvgIpc) is 2.54. The van der Waals surface area contributed by atoms with Crippen molar-refractivity contribution >= 4 is 45.3 Å². The van der Waals surface area contributed by atoms with Crippen molar-refractivity contribution in [2.24, 2.45) is 0 Å². The van der Waals surface area contributed by atoms with Gasteiger partial charge in [0, 0.05) is 22.7 Å². The van der Waals surface area contributed by atoms with E-state index in [1.165, 1.54) is 48.6 Å². The number of rotatable bonds is 5. The predicted molar refractivity (Wildman–Crippen MR) is 91.9 cm³/mol. The van der Waals surface area contributed by atoms with Crippen LogP contribution in [0.15, 0.2) is 53.0 Å². The van der Waals surface area contributed by atoms with Crippen LogP contribution < -0.4 is 5.32 Å². The molecule has 24 heavy (non-hydrogen) atoms. The van der Waals surface area contributed by atoms with E-state index in [0.29, 0.717) is 10.0 Å². The van der Waals surface area contributed by atoms with E-state index >= 15 is 0 Å². The van der Waals surface area contributed by atoms with Crippen molar-refractivity contribution in [3.63, 3.8) is 0 Å². The molecule has 0 aliphatic rings. The van der Waals surface area contributed by atoms with Gasteiger partial charge in [-0.3, -0.25) is 14.9 Å². The van der Waals surface area contributed by atoms with Crippen molar-refractivity contribution in [2.75, 3.05) is 5.32 Å². The van der Waals surface area contributed by atoms with Gasteiger partial charge in [-0.15, -0.1) is 0 Å². The maximum Gasteiger partial charge on any atom is 0.337 e. The average molecular weight is 391 g/mol. The molecule has 0 fully saturated rings. The number of non-ortho nitro benzene ring substituents is 1. The molecule has 1 amide bonds. The summed E-state index contributed by atoms with van der Waals surface area (Å²) in [6.07, 6.45) is 2.69. The third-order valence-corrected chi connectivity index (χ3v) is 3.49. The number of nitro benzene ring substituents is 1. The van der Waals surface area contributed by atoms with Gasteiger partial charge in [-0.25, -0.2) is 4.79 Å². The standard InChI is InChI=1S/C16H11BrN2O5/c17-11-4-7-14(13(9-11)16(21)22)18-15(20)8-3-10-1-5-12(6-2-10)19(23)24/h1-9H,(H,18,20)(H,21,22). The quantitative estimate of drug-likeness (QED) is 0.459. The molecule has 0 saturated carbocycles. The van der Waals surface area contributed by atoms with E-state index in [1.807, 2.05) is 0 Å². The largest absolute Gasteiger partial charge is 0.478 e. The lowest BCUT2D eigenvalue weighted by atomic mass is 10.1.